The fourth-order valence-electron chi connectivity index (χ4n) is 3.00. The van der Waals surface area contributed by atoms with Crippen molar-refractivity contribution in [1.29, 1.82) is 0 Å². The number of carbonyl (C=O) groups excluding carboxylic acids is 2. The third-order valence-electron chi connectivity index (χ3n) is 4.27. The van der Waals surface area contributed by atoms with Crippen LogP contribution in [-0.2, 0) is 9.59 Å². The van der Waals surface area contributed by atoms with Crippen LogP contribution in [0.15, 0.2) is 42.0 Å². The summed E-state index contributed by atoms with van der Waals surface area (Å²) in [7, 11) is 0. The maximum absolute atomic E-state index is 13.6. The van der Waals surface area contributed by atoms with E-state index < -0.39 is 17.6 Å². The topological polar surface area (TPSA) is 77.1 Å². The minimum Gasteiger partial charge on any atom is -0.493 e. The molecule has 0 saturated carbocycles. The summed E-state index contributed by atoms with van der Waals surface area (Å²) >= 11 is 5.12. The summed E-state index contributed by atoms with van der Waals surface area (Å²) in [5, 5.41) is 2.34. The number of nitrogens with zero attached hydrogens (tertiary/aromatic N) is 1. The molecule has 0 radical (unpaired) electrons. The largest absolute Gasteiger partial charge is 0.493 e. The van der Waals surface area contributed by atoms with Gasteiger partial charge in [0.25, 0.3) is 11.8 Å². The van der Waals surface area contributed by atoms with Crippen molar-refractivity contribution >= 4 is 40.9 Å². The fraction of sp³-hybridized carbons (Fsp3) is 0.150. The molecule has 2 amide bonds. The number of nitrogens with one attached hydrogen (secondary N) is 1. The van der Waals surface area contributed by atoms with E-state index in [1.807, 2.05) is 6.92 Å². The Balaban J connectivity index is 1.77. The van der Waals surface area contributed by atoms with Crippen molar-refractivity contribution in [2.75, 3.05) is 18.3 Å². The summed E-state index contributed by atoms with van der Waals surface area (Å²) in [6.07, 6.45) is 1.39. The van der Waals surface area contributed by atoms with Gasteiger partial charge in [0, 0.05) is 11.6 Å². The van der Waals surface area contributed by atoms with E-state index in [0.717, 1.165) is 11.0 Å². The molecule has 2 heterocycles. The smallest absolute Gasteiger partial charge is 0.270 e. The molecule has 2 aromatic rings. The molecule has 7 nitrogen and oxygen atoms in total. The normalized spacial score (nSPS) is 17.0. The zero-order chi connectivity index (χ0) is 20.5. The number of carbonyl (C=O) groups is 2. The number of benzene rings is 2. The predicted molar refractivity (Wildman–Crippen MR) is 106 cm³/mol. The average molecular weight is 414 g/mol. The van der Waals surface area contributed by atoms with E-state index in [9.17, 15) is 14.0 Å². The van der Waals surface area contributed by atoms with E-state index in [2.05, 4.69) is 5.32 Å². The summed E-state index contributed by atoms with van der Waals surface area (Å²) in [6, 6.07) is 8.64. The molecule has 148 valence electrons. The van der Waals surface area contributed by atoms with Crippen molar-refractivity contribution in [3.63, 3.8) is 0 Å². The van der Waals surface area contributed by atoms with Gasteiger partial charge in [-0.15, -0.1) is 0 Å². The molecule has 2 aliphatic heterocycles. The lowest BCUT2D eigenvalue weighted by Gasteiger charge is -2.29. The summed E-state index contributed by atoms with van der Waals surface area (Å²) in [5.74, 6) is -0.457. The van der Waals surface area contributed by atoms with Crippen LogP contribution in [0.2, 0.25) is 0 Å². The third kappa shape index (κ3) is 3.52. The number of halogens is 1. The Labute approximate surface area is 170 Å². The van der Waals surface area contributed by atoms with Crippen LogP contribution in [0.4, 0.5) is 10.1 Å². The lowest BCUT2D eigenvalue weighted by Crippen LogP contribution is -2.54. The van der Waals surface area contributed by atoms with Crippen LogP contribution in [-0.4, -0.2) is 30.3 Å². The Bertz CT molecular complexity index is 1070. The first-order valence-electron chi connectivity index (χ1n) is 8.71. The Morgan fingerprint density at radius 1 is 1.24 bits per heavy atom. The first-order valence-corrected chi connectivity index (χ1v) is 9.12. The average Bonchev–Trinajstić information content (AvgIpc) is 3.12. The number of ether oxygens (including phenoxy) is 3. The van der Waals surface area contributed by atoms with Crippen molar-refractivity contribution < 1.29 is 28.2 Å². The molecule has 29 heavy (non-hydrogen) atoms. The lowest BCUT2D eigenvalue weighted by atomic mass is 10.1. The zero-order valence-electron chi connectivity index (χ0n) is 15.2. The molecule has 1 fully saturated rings. The minimum absolute atomic E-state index is 0.0714. The van der Waals surface area contributed by atoms with E-state index in [0.29, 0.717) is 29.4 Å². The van der Waals surface area contributed by atoms with Gasteiger partial charge in [0.05, 0.1) is 12.3 Å². The predicted octanol–water partition coefficient (Wildman–Crippen LogP) is 2.78. The highest BCUT2D eigenvalue weighted by Gasteiger charge is 2.35. The highest BCUT2D eigenvalue weighted by atomic mass is 32.1. The maximum atomic E-state index is 13.6. The minimum atomic E-state index is -0.676. The number of anilines is 1. The van der Waals surface area contributed by atoms with Crippen LogP contribution in [0.5, 0.6) is 17.2 Å². The second kappa shape index (κ2) is 7.51. The van der Waals surface area contributed by atoms with Gasteiger partial charge in [0.1, 0.15) is 17.1 Å². The van der Waals surface area contributed by atoms with E-state index >= 15 is 0 Å². The van der Waals surface area contributed by atoms with Gasteiger partial charge >= 0.3 is 0 Å². The molecule has 0 spiro atoms. The molecule has 0 bridgehead atoms. The molecule has 0 aromatic heterocycles. The summed E-state index contributed by atoms with van der Waals surface area (Å²) in [6.45, 7) is 2.25. The van der Waals surface area contributed by atoms with Gasteiger partial charge in [-0.1, -0.05) is 6.07 Å². The highest BCUT2D eigenvalue weighted by Crippen LogP contribution is 2.39. The third-order valence-corrected chi connectivity index (χ3v) is 4.56. The van der Waals surface area contributed by atoms with Gasteiger partial charge < -0.3 is 14.2 Å². The Hall–Kier alpha value is -3.46. The van der Waals surface area contributed by atoms with Gasteiger partial charge in [-0.2, -0.15) is 0 Å². The van der Waals surface area contributed by atoms with Crippen molar-refractivity contribution in [2.45, 2.75) is 6.92 Å². The molecular formula is C20H15FN2O5S. The van der Waals surface area contributed by atoms with Crippen LogP contribution in [0.3, 0.4) is 0 Å². The van der Waals surface area contributed by atoms with E-state index in [-0.39, 0.29) is 23.2 Å². The van der Waals surface area contributed by atoms with Crippen LogP contribution in [0.25, 0.3) is 6.08 Å². The summed E-state index contributed by atoms with van der Waals surface area (Å²) in [5.41, 5.74) is 0.492. The quantitative estimate of drug-likeness (QED) is 0.471. The lowest BCUT2D eigenvalue weighted by molar-refractivity contribution is -0.122. The summed E-state index contributed by atoms with van der Waals surface area (Å²) < 4.78 is 30.0. The van der Waals surface area contributed by atoms with Gasteiger partial charge in [-0.05, 0) is 49.5 Å². The Morgan fingerprint density at radius 2 is 2.00 bits per heavy atom. The fourth-order valence-corrected chi connectivity index (χ4v) is 3.28. The van der Waals surface area contributed by atoms with Gasteiger partial charge in [0.2, 0.25) is 6.79 Å². The monoisotopic (exact) mass is 414 g/mol. The van der Waals surface area contributed by atoms with Crippen LogP contribution in [0, 0.1) is 5.82 Å². The first kappa shape index (κ1) is 18.9. The standard InChI is InChI=1S/C20H15FN2O5S/c1-2-26-15-9-17-16(27-10-28-17)7-11(15)6-14-18(24)22-20(29)23(19(14)25)13-5-3-4-12(21)8-13/h3-9H,2,10H2,1H3,(H,22,24,29)/b14-6-. The van der Waals surface area contributed by atoms with Crippen molar-refractivity contribution in [1.82, 2.24) is 5.32 Å². The first-order chi connectivity index (χ1) is 14.0. The molecular weight excluding hydrogens is 399 g/mol. The molecule has 2 aliphatic rings. The van der Waals surface area contributed by atoms with Crippen LogP contribution < -0.4 is 24.4 Å². The van der Waals surface area contributed by atoms with E-state index in [1.54, 1.807) is 12.1 Å². The van der Waals surface area contributed by atoms with Gasteiger partial charge in [-0.25, -0.2) is 4.39 Å². The number of hydrogen-bond donors (Lipinski definition) is 1. The number of rotatable bonds is 4. The van der Waals surface area contributed by atoms with Crippen LogP contribution in [0.1, 0.15) is 12.5 Å². The number of hydrogen-bond acceptors (Lipinski definition) is 6. The van der Waals surface area contributed by atoms with E-state index in [4.69, 9.17) is 26.4 Å². The molecule has 9 heteroatoms. The SMILES string of the molecule is CCOc1cc2c(cc1/C=C1/C(=O)NC(=S)N(c3cccc(F)c3)C1=O)OCO2. The van der Waals surface area contributed by atoms with Crippen molar-refractivity contribution in [3.8, 4) is 17.2 Å². The molecule has 0 aliphatic carbocycles. The Kier molecular flexibility index (Phi) is 4.89. The molecule has 4 rings (SSSR count). The Morgan fingerprint density at radius 3 is 2.72 bits per heavy atom. The molecule has 0 unspecified atom stereocenters. The molecule has 2 aromatic carbocycles. The van der Waals surface area contributed by atoms with E-state index in [1.165, 1.54) is 24.3 Å². The van der Waals surface area contributed by atoms with Gasteiger partial charge in [0.15, 0.2) is 16.6 Å². The second-order valence-electron chi connectivity index (χ2n) is 6.11. The van der Waals surface area contributed by atoms with Gasteiger partial charge in [-0.3, -0.25) is 19.8 Å². The second-order valence-corrected chi connectivity index (χ2v) is 6.50. The number of fused-ring (bicyclic) bond motifs is 1. The molecule has 1 saturated heterocycles. The summed E-state index contributed by atoms with van der Waals surface area (Å²) in [4.78, 5) is 26.6. The van der Waals surface area contributed by atoms with Crippen molar-refractivity contribution in [3.05, 3.63) is 53.4 Å². The zero-order valence-corrected chi connectivity index (χ0v) is 16.0. The molecule has 0 atom stereocenters. The number of amides is 2. The maximum Gasteiger partial charge on any atom is 0.270 e. The van der Waals surface area contributed by atoms with Crippen LogP contribution >= 0.6 is 12.2 Å². The molecule has 1 N–H and O–H groups in total. The number of thiocarbonyl (C=S) groups is 1. The highest BCUT2D eigenvalue weighted by molar-refractivity contribution is 7.80. The van der Waals surface area contributed by atoms with Crippen molar-refractivity contribution in [2.24, 2.45) is 0 Å².